The van der Waals surface area contributed by atoms with Crippen LogP contribution < -0.4 is 10.1 Å². The Balaban J connectivity index is 1.89. The van der Waals surface area contributed by atoms with E-state index in [0.717, 1.165) is 28.9 Å². The Morgan fingerprint density at radius 3 is 2.58 bits per heavy atom. The molecule has 0 bridgehead atoms. The van der Waals surface area contributed by atoms with E-state index in [4.69, 9.17) is 4.74 Å². The minimum absolute atomic E-state index is 0.613. The summed E-state index contributed by atoms with van der Waals surface area (Å²) in [6, 6.07) is 8.01. The van der Waals surface area contributed by atoms with Gasteiger partial charge in [0.15, 0.2) is 0 Å². The smallest absolute Gasteiger partial charge is 0.205 e. The van der Waals surface area contributed by atoms with Crippen LogP contribution in [0.15, 0.2) is 24.3 Å². The number of hydrogen-bond donors (Lipinski definition) is 1. The molecule has 0 radical (unpaired) electrons. The highest BCUT2D eigenvalue weighted by Crippen LogP contribution is 2.19. The van der Waals surface area contributed by atoms with Crippen LogP contribution in [-0.4, -0.2) is 17.3 Å². The molecule has 102 valence electrons. The van der Waals surface area contributed by atoms with Gasteiger partial charge in [-0.1, -0.05) is 37.3 Å². The molecule has 0 spiro atoms. The maximum absolute atomic E-state index is 5.13. The highest BCUT2D eigenvalue weighted by atomic mass is 32.1. The Bertz CT molecular complexity index is 508. The summed E-state index contributed by atoms with van der Waals surface area (Å²) in [6.45, 7) is 5.12. The van der Waals surface area contributed by atoms with Crippen molar-refractivity contribution < 1.29 is 4.74 Å². The molecule has 0 saturated carbocycles. The first-order valence-corrected chi connectivity index (χ1v) is 7.18. The standard InChI is InChI=1S/C14H19N3OS/c1-10(2)8-13-16-17-14(19-13)15-9-11-4-6-12(18-3)7-5-11/h4-7,10H,8-9H2,1-3H3,(H,15,17). The predicted octanol–water partition coefficient (Wildman–Crippen LogP) is 3.36. The quantitative estimate of drug-likeness (QED) is 0.879. The first kappa shape index (κ1) is 13.8. The fourth-order valence-electron chi connectivity index (χ4n) is 1.68. The van der Waals surface area contributed by atoms with E-state index in [2.05, 4.69) is 29.4 Å². The van der Waals surface area contributed by atoms with Crippen LogP contribution in [-0.2, 0) is 13.0 Å². The minimum atomic E-state index is 0.613. The molecule has 1 aromatic heterocycles. The molecule has 5 heteroatoms. The second kappa shape index (κ2) is 6.52. The number of rotatable bonds is 6. The van der Waals surface area contributed by atoms with Crippen LogP contribution in [0.2, 0.25) is 0 Å². The van der Waals surface area contributed by atoms with Crippen molar-refractivity contribution in [1.82, 2.24) is 10.2 Å². The van der Waals surface area contributed by atoms with Gasteiger partial charge in [0, 0.05) is 13.0 Å². The molecule has 0 aliphatic rings. The fraction of sp³-hybridized carbons (Fsp3) is 0.429. The van der Waals surface area contributed by atoms with Crippen LogP contribution >= 0.6 is 11.3 Å². The van der Waals surface area contributed by atoms with Crippen LogP contribution in [0.25, 0.3) is 0 Å². The number of hydrogen-bond acceptors (Lipinski definition) is 5. The summed E-state index contributed by atoms with van der Waals surface area (Å²) >= 11 is 1.63. The molecule has 1 N–H and O–H groups in total. The number of anilines is 1. The van der Waals surface area contributed by atoms with Crippen molar-refractivity contribution in [3.05, 3.63) is 34.8 Å². The zero-order valence-electron chi connectivity index (χ0n) is 11.5. The summed E-state index contributed by atoms with van der Waals surface area (Å²) in [5.74, 6) is 1.49. The van der Waals surface area contributed by atoms with Gasteiger partial charge in [-0.05, 0) is 23.6 Å². The summed E-state index contributed by atoms with van der Waals surface area (Å²) in [4.78, 5) is 0. The molecular weight excluding hydrogens is 258 g/mol. The number of nitrogens with one attached hydrogen (secondary N) is 1. The van der Waals surface area contributed by atoms with Gasteiger partial charge in [-0.25, -0.2) is 0 Å². The molecule has 0 aliphatic heterocycles. The Labute approximate surface area is 117 Å². The second-order valence-corrected chi connectivity index (χ2v) is 5.86. The van der Waals surface area contributed by atoms with E-state index in [0.29, 0.717) is 5.92 Å². The molecule has 2 rings (SSSR count). The molecular formula is C14H19N3OS. The summed E-state index contributed by atoms with van der Waals surface area (Å²) in [6.07, 6.45) is 0.988. The average molecular weight is 277 g/mol. The first-order valence-electron chi connectivity index (χ1n) is 6.36. The monoisotopic (exact) mass is 277 g/mol. The summed E-state index contributed by atoms with van der Waals surface area (Å²) in [7, 11) is 1.67. The van der Waals surface area contributed by atoms with E-state index >= 15 is 0 Å². The van der Waals surface area contributed by atoms with Crippen molar-refractivity contribution in [2.45, 2.75) is 26.8 Å². The Morgan fingerprint density at radius 2 is 1.95 bits per heavy atom. The Hall–Kier alpha value is -1.62. The molecule has 4 nitrogen and oxygen atoms in total. The SMILES string of the molecule is COc1ccc(CNc2nnc(CC(C)C)s2)cc1. The number of nitrogens with zero attached hydrogens (tertiary/aromatic N) is 2. The van der Waals surface area contributed by atoms with Crippen molar-refractivity contribution in [2.24, 2.45) is 5.92 Å². The van der Waals surface area contributed by atoms with Gasteiger partial charge in [-0.15, -0.1) is 10.2 Å². The topological polar surface area (TPSA) is 47.0 Å². The maximum atomic E-state index is 5.13. The van der Waals surface area contributed by atoms with E-state index in [-0.39, 0.29) is 0 Å². The Kier molecular flexibility index (Phi) is 4.74. The van der Waals surface area contributed by atoms with Crippen molar-refractivity contribution in [3.63, 3.8) is 0 Å². The maximum Gasteiger partial charge on any atom is 0.205 e. The Morgan fingerprint density at radius 1 is 1.21 bits per heavy atom. The highest BCUT2D eigenvalue weighted by molar-refractivity contribution is 7.15. The van der Waals surface area contributed by atoms with Gasteiger partial charge in [-0.2, -0.15) is 0 Å². The lowest BCUT2D eigenvalue weighted by Gasteiger charge is -2.04. The molecule has 1 heterocycles. The third kappa shape index (κ3) is 4.21. The number of aromatic nitrogens is 2. The van der Waals surface area contributed by atoms with E-state index in [1.165, 1.54) is 5.56 Å². The van der Waals surface area contributed by atoms with E-state index in [9.17, 15) is 0 Å². The lowest BCUT2D eigenvalue weighted by atomic mass is 10.1. The van der Waals surface area contributed by atoms with E-state index in [1.807, 2.05) is 24.3 Å². The summed E-state index contributed by atoms with van der Waals surface area (Å²) in [5.41, 5.74) is 1.20. The zero-order valence-corrected chi connectivity index (χ0v) is 12.3. The first-order chi connectivity index (χ1) is 9.17. The summed E-state index contributed by atoms with van der Waals surface area (Å²) in [5, 5.41) is 13.6. The van der Waals surface area contributed by atoms with Crippen molar-refractivity contribution in [1.29, 1.82) is 0 Å². The predicted molar refractivity (Wildman–Crippen MR) is 78.8 cm³/mol. The second-order valence-electron chi connectivity index (χ2n) is 4.80. The number of ether oxygens (including phenoxy) is 1. The van der Waals surface area contributed by atoms with Crippen LogP contribution in [0, 0.1) is 5.92 Å². The normalized spacial score (nSPS) is 10.7. The molecule has 19 heavy (non-hydrogen) atoms. The van der Waals surface area contributed by atoms with Gasteiger partial charge in [0.1, 0.15) is 10.8 Å². The highest BCUT2D eigenvalue weighted by Gasteiger charge is 2.05. The lowest BCUT2D eigenvalue weighted by molar-refractivity contribution is 0.414. The van der Waals surface area contributed by atoms with Crippen molar-refractivity contribution >= 4 is 16.5 Å². The minimum Gasteiger partial charge on any atom is -0.497 e. The van der Waals surface area contributed by atoms with Gasteiger partial charge in [-0.3, -0.25) is 0 Å². The van der Waals surface area contributed by atoms with Gasteiger partial charge in [0.2, 0.25) is 5.13 Å². The van der Waals surface area contributed by atoms with Crippen molar-refractivity contribution in [2.75, 3.05) is 12.4 Å². The van der Waals surface area contributed by atoms with Crippen molar-refractivity contribution in [3.8, 4) is 5.75 Å². The third-order valence-electron chi connectivity index (χ3n) is 2.65. The van der Waals surface area contributed by atoms with Crippen LogP contribution in [0.5, 0.6) is 5.75 Å². The lowest BCUT2D eigenvalue weighted by Crippen LogP contribution is -1.98. The van der Waals surface area contributed by atoms with Crippen LogP contribution in [0.1, 0.15) is 24.4 Å². The van der Waals surface area contributed by atoms with Crippen LogP contribution in [0.4, 0.5) is 5.13 Å². The zero-order chi connectivity index (χ0) is 13.7. The third-order valence-corrected chi connectivity index (χ3v) is 3.56. The fourth-order valence-corrected chi connectivity index (χ4v) is 2.63. The van der Waals surface area contributed by atoms with Crippen LogP contribution in [0.3, 0.4) is 0 Å². The molecule has 0 fully saturated rings. The molecule has 0 unspecified atom stereocenters. The molecule has 0 amide bonds. The molecule has 0 atom stereocenters. The summed E-state index contributed by atoms with van der Waals surface area (Å²) < 4.78 is 5.13. The average Bonchev–Trinajstić information content (AvgIpc) is 2.84. The molecule has 2 aromatic rings. The molecule has 0 aliphatic carbocycles. The number of benzene rings is 1. The van der Waals surface area contributed by atoms with Gasteiger partial charge >= 0.3 is 0 Å². The van der Waals surface area contributed by atoms with E-state index < -0.39 is 0 Å². The molecule has 0 saturated heterocycles. The number of methoxy groups -OCH3 is 1. The largest absolute Gasteiger partial charge is 0.497 e. The van der Waals surface area contributed by atoms with Gasteiger partial charge < -0.3 is 10.1 Å². The van der Waals surface area contributed by atoms with Gasteiger partial charge in [0.05, 0.1) is 7.11 Å². The van der Waals surface area contributed by atoms with E-state index in [1.54, 1.807) is 18.4 Å². The molecule has 1 aromatic carbocycles. The van der Waals surface area contributed by atoms with Gasteiger partial charge in [0.25, 0.3) is 0 Å².